The minimum atomic E-state index is 0.179. The average Bonchev–Trinajstić information content (AvgIpc) is 2.62. The normalized spacial score (nSPS) is 21.8. The third-order valence-corrected chi connectivity index (χ3v) is 6.96. The van der Waals surface area contributed by atoms with Gasteiger partial charge in [0.15, 0.2) is 0 Å². The minimum Gasteiger partial charge on any atom is -0.381 e. The monoisotopic (exact) mass is 369 g/mol. The second kappa shape index (κ2) is 8.49. The lowest BCUT2D eigenvalue weighted by Crippen LogP contribution is -2.47. The molecule has 2 fully saturated rings. The summed E-state index contributed by atoms with van der Waals surface area (Å²) in [5, 5.41) is 0. The van der Waals surface area contributed by atoms with Gasteiger partial charge in [-0.25, -0.2) is 0 Å². The number of benzene rings is 1. The van der Waals surface area contributed by atoms with Crippen molar-refractivity contribution in [3.05, 3.63) is 47.0 Å². The van der Waals surface area contributed by atoms with E-state index in [1.54, 1.807) is 0 Å². The van der Waals surface area contributed by atoms with E-state index in [2.05, 4.69) is 69.9 Å². The van der Waals surface area contributed by atoms with Gasteiger partial charge in [-0.3, -0.25) is 4.90 Å². The number of nitrogens with zero attached hydrogens (tertiary/aromatic N) is 1. The Morgan fingerprint density at radius 1 is 1.07 bits per heavy atom. The summed E-state index contributed by atoms with van der Waals surface area (Å²) in [5.74, 6) is 0. The first-order chi connectivity index (χ1) is 12.8. The van der Waals surface area contributed by atoms with Gasteiger partial charge >= 0.3 is 0 Å². The number of rotatable bonds is 5. The van der Waals surface area contributed by atoms with Crippen molar-refractivity contribution in [1.29, 1.82) is 0 Å². The summed E-state index contributed by atoms with van der Waals surface area (Å²) in [4.78, 5) is 2.75. The van der Waals surface area contributed by atoms with Gasteiger partial charge in [-0.15, -0.1) is 0 Å². The molecule has 1 spiro atoms. The van der Waals surface area contributed by atoms with Crippen molar-refractivity contribution in [2.24, 2.45) is 5.41 Å². The molecule has 1 atom stereocenters. The highest BCUT2D eigenvalue weighted by Crippen LogP contribution is 2.42. The third kappa shape index (κ3) is 5.23. The number of hydrogen-bond acceptors (Lipinski definition) is 2. The van der Waals surface area contributed by atoms with Crippen LogP contribution in [0.25, 0.3) is 0 Å². The Balaban J connectivity index is 1.71. The van der Waals surface area contributed by atoms with E-state index in [0.29, 0.717) is 11.5 Å². The molecule has 3 rings (SSSR count). The standard InChI is InChI=1S/C25H39NO/c1-20(2)18-23(19-24(4,5)22-8-6-21(3)7-9-22)26-14-10-25(11-15-26)12-16-27-17-13-25/h6-9,18,23H,10-17,19H2,1-5H3. The highest BCUT2D eigenvalue weighted by molar-refractivity contribution is 5.28. The van der Waals surface area contributed by atoms with Crippen LogP contribution in [0.4, 0.5) is 0 Å². The molecular weight excluding hydrogens is 330 g/mol. The lowest BCUT2D eigenvalue weighted by atomic mass is 9.71. The van der Waals surface area contributed by atoms with Gasteiger partial charge in [-0.2, -0.15) is 0 Å². The van der Waals surface area contributed by atoms with Crippen LogP contribution in [0.15, 0.2) is 35.9 Å². The molecule has 1 aromatic rings. The summed E-state index contributed by atoms with van der Waals surface area (Å²) in [6, 6.07) is 9.68. The molecule has 2 saturated heterocycles. The van der Waals surface area contributed by atoms with E-state index < -0.39 is 0 Å². The van der Waals surface area contributed by atoms with Crippen LogP contribution in [0, 0.1) is 12.3 Å². The van der Waals surface area contributed by atoms with Crippen molar-refractivity contribution in [2.75, 3.05) is 26.3 Å². The maximum atomic E-state index is 5.62. The van der Waals surface area contributed by atoms with Gasteiger partial charge in [0.25, 0.3) is 0 Å². The molecule has 150 valence electrons. The topological polar surface area (TPSA) is 12.5 Å². The van der Waals surface area contributed by atoms with E-state index in [1.807, 2.05) is 0 Å². The first-order valence-corrected chi connectivity index (χ1v) is 10.8. The fourth-order valence-corrected chi connectivity index (χ4v) is 4.96. The van der Waals surface area contributed by atoms with E-state index in [0.717, 1.165) is 13.2 Å². The fraction of sp³-hybridized carbons (Fsp3) is 0.680. The lowest BCUT2D eigenvalue weighted by Gasteiger charge is -2.47. The molecule has 2 nitrogen and oxygen atoms in total. The van der Waals surface area contributed by atoms with Gasteiger partial charge < -0.3 is 4.74 Å². The van der Waals surface area contributed by atoms with Crippen LogP contribution in [0.3, 0.4) is 0 Å². The first-order valence-electron chi connectivity index (χ1n) is 10.8. The number of piperidine rings is 1. The predicted octanol–water partition coefficient (Wildman–Crippen LogP) is 5.89. The Hall–Kier alpha value is -1.12. The molecule has 0 N–H and O–H groups in total. The Morgan fingerprint density at radius 2 is 1.67 bits per heavy atom. The van der Waals surface area contributed by atoms with Gasteiger partial charge in [-0.05, 0) is 82.4 Å². The summed E-state index contributed by atoms with van der Waals surface area (Å²) in [6.07, 6.45) is 8.91. The van der Waals surface area contributed by atoms with E-state index >= 15 is 0 Å². The van der Waals surface area contributed by atoms with E-state index in [1.165, 1.54) is 61.9 Å². The van der Waals surface area contributed by atoms with Crippen molar-refractivity contribution in [3.63, 3.8) is 0 Å². The lowest BCUT2D eigenvalue weighted by molar-refractivity contribution is -0.0259. The molecule has 0 aromatic heterocycles. The van der Waals surface area contributed by atoms with Crippen LogP contribution in [0.2, 0.25) is 0 Å². The molecule has 2 aliphatic heterocycles. The van der Waals surface area contributed by atoms with Crippen molar-refractivity contribution in [2.45, 2.75) is 78.2 Å². The zero-order valence-electron chi connectivity index (χ0n) is 18.2. The largest absolute Gasteiger partial charge is 0.381 e. The average molecular weight is 370 g/mol. The fourth-order valence-electron chi connectivity index (χ4n) is 4.96. The zero-order valence-corrected chi connectivity index (χ0v) is 18.2. The molecule has 1 aromatic carbocycles. The van der Waals surface area contributed by atoms with Crippen LogP contribution in [0.1, 0.15) is 70.9 Å². The maximum Gasteiger partial charge on any atom is 0.0471 e. The molecular formula is C25H39NO. The van der Waals surface area contributed by atoms with Crippen LogP contribution >= 0.6 is 0 Å². The van der Waals surface area contributed by atoms with Gasteiger partial charge in [-0.1, -0.05) is 55.3 Å². The van der Waals surface area contributed by atoms with E-state index in [-0.39, 0.29) is 5.41 Å². The number of aryl methyl sites for hydroxylation is 1. The van der Waals surface area contributed by atoms with Crippen molar-refractivity contribution in [3.8, 4) is 0 Å². The minimum absolute atomic E-state index is 0.179. The van der Waals surface area contributed by atoms with E-state index in [4.69, 9.17) is 4.74 Å². The van der Waals surface area contributed by atoms with Gasteiger partial charge in [0.1, 0.15) is 0 Å². The molecule has 0 saturated carbocycles. The molecule has 27 heavy (non-hydrogen) atoms. The van der Waals surface area contributed by atoms with Crippen LogP contribution in [-0.2, 0) is 10.2 Å². The van der Waals surface area contributed by atoms with Crippen LogP contribution in [-0.4, -0.2) is 37.2 Å². The molecule has 0 bridgehead atoms. The molecule has 2 heteroatoms. The molecule has 2 aliphatic rings. The second-order valence-corrected chi connectivity index (χ2v) is 9.91. The summed E-state index contributed by atoms with van der Waals surface area (Å²) in [7, 11) is 0. The Morgan fingerprint density at radius 3 is 2.22 bits per heavy atom. The summed E-state index contributed by atoms with van der Waals surface area (Å²) >= 11 is 0. The van der Waals surface area contributed by atoms with Gasteiger partial charge in [0.05, 0.1) is 0 Å². The van der Waals surface area contributed by atoms with Gasteiger partial charge in [0, 0.05) is 19.3 Å². The summed E-state index contributed by atoms with van der Waals surface area (Å²) in [5.41, 5.74) is 4.98. The second-order valence-electron chi connectivity index (χ2n) is 9.91. The van der Waals surface area contributed by atoms with E-state index in [9.17, 15) is 0 Å². The number of likely N-dealkylation sites (tertiary alicyclic amines) is 1. The van der Waals surface area contributed by atoms with Crippen molar-refractivity contribution < 1.29 is 4.74 Å². The first kappa shape index (κ1) is 20.6. The maximum absolute atomic E-state index is 5.62. The molecule has 1 unspecified atom stereocenters. The number of ether oxygens (including phenoxy) is 1. The SMILES string of the molecule is CC(C)=CC(CC(C)(C)c1ccc(C)cc1)N1CCC2(CCOCC2)CC1. The third-order valence-electron chi connectivity index (χ3n) is 6.96. The summed E-state index contributed by atoms with van der Waals surface area (Å²) in [6.45, 7) is 15.9. The Labute approximate surface area is 167 Å². The molecule has 0 amide bonds. The number of allylic oxidation sites excluding steroid dienone is 1. The molecule has 0 aliphatic carbocycles. The van der Waals surface area contributed by atoms with Crippen molar-refractivity contribution >= 4 is 0 Å². The molecule has 2 heterocycles. The zero-order chi connectivity index (χ0) is 19.5. The van der Waals surface area contributed by atoms with Crippen LogP contribution < -0.4 is 0 Å². The smallest absolute Gasteiger partial charge is 0.0471 e. The highest BCUT2D eigenvalue weighted by atomic mass is 16.5. The van der Waals surface area contributed by atoms with Crippen molar-refractivity contribution in [1.82, 2.24) is 4.90 Å². The summed E-state index contributed by atoms with van der Waals surface area (Å²) < 4.78 is 5.62. The predicted molar refractivity (Wildman–Crippen MR) is 115 cm³/mol. The highest BCUT2D eigenvalue weighted by Gasteiger charge is 2.38. The molecule has 0 radical (unpaired) electrons. The quantitative estimate of drug-likeness (QED) is 0.600. The number of hydrogen-bond donors (Lipinski definition) is 0. The Bertz CT molecular complexity index is 623. The van der Waals surface area contributed by atoms with Gasteiger partial charge in [0.2, 0.25) is 0 Å². The Kier molecular flexibility index (Phi) is 6.48. The van der Waals surface area contributed by atoms with Crippen LogP contribution in [0.5, 0.6) is 0 Å².